The summed E-state index contributed by atoms with van der Waals surface area (Å²) in [5.41, 5.74) is 4.59. The van der Waals surface area contributed by atoms with Gasteiger partial charge in [0.15, 0.2) is 0 Å². The normalized spacial score (nSPS) is 23.5. The molecule has 2 aromatic carbocycles. The van der Waals surface area contributed by atoms with Crippen LogP contribution in [-0.4, -0.2) is 52.7 Å². The summed E-state index contributed by atoms with van der Waals surface area (Å²) >= 11 is 0. The fraction of sp³-hybridized carbons (Fsp3) is 0.464. The molecule has 1 aliphatic carbocycles. The van der Waals surface area contributed by atoms with E-state index in [1.54, 1.807) is 0 Å². The molecule has 0 spiro atoms. The van der Waals surface area contributed by atoms with Crippen molar-refractivity contribution in [3.05, 3.63) is 59.7 Å². The zero-order valence-electron chi connectivity index (χ0n) is 20.1. The fourth-order valence-electron chi connectivity index (χ4n) is 6.18. The quantitative estimate of drug-likeness (QED) is 0.644. The SMILES string of the molecule is CC(C)[C@@H](NC(=O)OCC1c2ccccc2-c2ccccc21)C(=O)N1C2CCC1CC(C(=O)O)C2. The first-order valence-electron chi connectivity index (χ1n) is 12.5. The summed E-state index contributed by atoms with van der Waals surface area (Å²) < 4.78 is 5.68. The number of piperidine rings is 1. The van der Waals surface area contributed by atoms with E-state index in [2.05, 4.69) is 29.6 Å². The topological polar surface area (TPSA) is 95.9 Å². The number of carbonyl (C=O) groups is 3. The van der Waals surface area contributed by atoms with E-state index in [0.717, 1.165) is 35.1 Å². The first kappa shape index (κ1) is 23.4. The average molecular weight is 477 g/mol. The Morgan fingerprint density at radius 1 is 0.971 bits per heavy atom. The molecular formula is C28H32N2O5. The first-order chi connectivity index (χ1) is 16.8. The summed E-state index contributed by atoms with van der Waals surface area (Å²) in [4.78, 5) is 39.7. The second-order valence-electron chi connectivity index (χ2n) is 10.3. The maximum absolute atomic E-state index is 13.5. The summed E-state index contributed by atoms with van der Waals surface area (Å²) in [6, 6.07) is 15.5. The molecule has 184 valence electrons. The molecule has 7 nitrogen and oxygen atoms in total. The van der Waals surface area contributed by atoms with Crippen LogP contribution in [0.25, 0.3) is 11.1 Å². The fourth-order valence-corrected chi connectivity index (χ4v) is 6.18. The minimum atomic E-state index is -0.786. The van der Waals surface area contributed by atoms with Crippen LogP contribution in [0.2, 0.25) is 0 Å². The largest absolute Gasteiger partial charge is 0.481 e. The zero-order chi connectivity index (χ0) is 24.7. The molecule has 2 fully saturated rings. The maximum atomic E-state index is 13.5. The number of fused-ring (bicyclic) bond motifs is 5. The molecule has 0 radical (unpaired) electrons. The van der Waals surface area contributed by atoms with Gasteiger partial charge in [-0.05, 0) is 53.9 Å². The highest BCUT2D eigenvalue weighted by Gasteiger charge is 2.47. The second-order valence-corrected chi connectivity index (χ2v) is 10.3. The summed E-state index contributed by atoms with van der Waals surface area (Å²) in [6.45, 7) is 3.99. The van der Waals surface area contributed by atoms with Crippen molar-refractivity contribution in [1.82, 2.24) is 10.2 Å². The number of aliphatic carboxylic acids is 1. The number of alkyl carbamates (subject to hydrolysis) is 1. The Morgan fingerprint density at radius 3 is 2.03 bits per heavy atom. The predicted molar refractivity (Wildman–Crippen MR) is 131 cm³/mol. The Hall–Kier alpha value is -3.35. The molecule has 2 unspecified atom stereocenters. The van der Waals surface area contributed by atoms with Crippen molar-refractivity contribution < 1.29 is 24.2 Å². The van der Waals surface area contributed by atoms with Gasteiger partial charge >= 0.3 is 12.1 Å². The van der Waals surface area contributed by atoms with Gasteiger partial charge in [-0.15, -0.1) is 0 Å². The Morgan fingerprint density at radius 2 is 1.51 bits per heavy atom. The van der Waals surface area contributed by atoms with E-state index in [0.29, 0.717) is 12.8 Å². The van der Waals surface area contributed by atoms with Crippen LogP contribution in [-0.2, 0) is 14.3 Å². The molecule has 2 bridgehead atoms. The number of ether oxygens (including phenoxy) is 1. The third-order valence-corrected chi connectivity index (χ3v) is 7.89. The van der Waals surface area contributed by atoms with Crippen LogP contribution in [0, 0.1) is 11.8 Å². The number of nitrogens with one attached hydrogen (secondary N) is 1. The smallest absolute Gasteiger partial charge is 0.407 e. The van der Waals surface area contributed by atoms with Gasteiger partial charge < -0.3 is 20.1 Å². The molecule has 0 saturated carbocycles. The van der Waals surface area contributed by atoms with E-state index in [1.165, 1.54) is 0 Å². The Bertz CT molecular complexity index is 1090. The summed E-state index contributed by atoms with van der Waals surface area (Å²) in [6.07, 6.45) is 1.98. The molecular weight excluding hydrogens is 444 g/mol. The van der Waals surface area contributed by atoms with E-state index < -0.39 is 24.0 Å². The van der Waals surface area contributed by atoms with Gasteiger partial charge in [0.2, 0.25) is 5.91 Å². The van der Waals surface area contributed by atoms with Crippen molar-refractivity contribution >= 4 is 18.0 Å². The maximum Gasteiger partial charge on any atom is 0.407 e. The highest BCUT2D eigenvalue weighted by Crippen LogP contribution is 2.44. The molecule has 2 aliphatic heterocycles. The molecule has 3 aliphatic rings. The average Bonchev–Trinajstić information content (AvgIpc) is 3.30. The van der Waals surface area contributed by atoms with Gasteiger partial charge in [0, 0.05) is 18.0 Å². The number of nitrogens with zero attached hydrogens (tertiary/aromatic N) is 1. The minimum absolute atomic E-state index is 0.0488. The van der Waals surface area contributed by atoms with Crippen LogP contribution in [0.15, 0.2) is 48.5 Å². The first-order valence-corrected chi connectivity index (χ1v) is 12.5. The molecule has 7 heteroatoms. The minimum Gasteiger partial charge on any atom is -0.481 e. The van der Waals surface area contributed by atoms with Crippen molar-refractivity contribution in [3.8, 4) is 11.1 Å². The number of carbonyl (C=O) groups excluding carboxylic acids is 2. The van der Waals surface area contributed by atoms with Gasteiger partial charge in [-0.2, -0.15) is 0 Å². The molecule has 2 heterocycles. The van der Waals surface area contributed by atoms with Gasteiger partial charge in [-0.3, -0.25) is 9.59 Å². The van der Waals surface area contributed by atoms with Crippen LogP contribution in [0.1, 0.15) is 56.6 Å². The van der Waals surface area contributed by atoms with Crippen LogP contribution in [0.4, 0.5) is 4.79 Å². The van der Waals surface area contributed by atoms with E-state index in [9.17, 15) is 19.5 Å². The highest BCUT2D eigenvalue weighted by molar-refractivity contribution is 5.87. The Balaban J connectivity index is 1.25. The Kier molecular flexibility index (Phi) is 6.26. The lowest BCUT2D eigenvalue weighted by Crippen LogP contribution is -2.57. The van der Waals surface area contributed by atoms with Crippen LogP contribution < -0.4 is 5.32 Å². The number of carboxylic acid groups (broad SMARTS) is 1. The van der Waals surface area contributed by atoms with Crippen molar-refractivity contribution in [2.45, 2.75) is 63.6 Å². The standard InChI is InChI=1S/C28H32N2O5/c1-16(2)25(26(31)30-18-11-12-19(30)14-17(13-18)27(32)33)29-28(34)35-15-24-22-9-5-3-7-20(22)21-8-4-6-10-23(21)24/h3-10,16-19,24-25H,11-15H2,1-2H3,(H,29,34)(H,32,33)/t17?,18?,19?,25-/m1/s1. The van der Waals surface area contributed by atoms with Gasteiger partial charge in [-0.1, -0.05) is 62.4 Å². The molecule has 35 heavy (non-hydrogen) atoms. The predicted octanol–water partition coefficient (Wildman–Crippen LogP) is 4.40. The lowest BCUT2D eigenvalue weighted by molar-refractivity contribution is -0.149. The van der Waals surface area contributed by atoms with Crippen LogP contribution >= 0.6 is 0 Å². The molecule has 5 rings (SSSR count). The third-order valence-electron chi connectivity index (χ3n) is 7.89. The summed E-state index contributed by atoms with van der Waals surface area (Å²) in [5, 5.41) is 12.3. The molecule has 2 N–H and O–H groups in total. The van der Waals surface area contributed by atoms with Crippen molar-refractivity contribution in [2.75, 3.05) is 6.61 Å². The number of amides is 2. The van der Waals surface area contributed by atoms with Gasteiger partial charge in [0.1, 0.15) is 12.6 Å². The van der Waals surface area contributed by atoms with Crippen molar-refractivity contribution in [1.29, 1.82) is 0 Å². The molecule has 0 aromatic heterocycles. The number of rotatable bonds is 6. The zero-order valence-corrected chi connectivity index (χ0v) is 20.1. The van der Waals surface area contributed by atoms with E-state index >= 15 is 0 Å². The summed E-state index contributed by atoms with van der Waals surface area (Å²) in [7, 11) is 0. The highest BCUT2D eigenvalue weighted by atomic mass is 16.5. The molecule has 2 saturated heterocycles. The molecule has 3 atom stereocenters. The molecule has 2 aromatic rings. The lowest BCUT2D eigenvalue weighted by atomic mass is 9.89. The van der Waals surface area contributed by atoms with Gasteiger partial charge in [0.25, 0.3) is 0 Å². The Labute approximate surface area is 205 Å². The van der Waals surface area contributed by atoms with Gasteiger partial charge in [0.05, 0.1) is 5.92 Å². The number of carboxylic acids is 1. The molecule has 2 amide bonds. The third kappa shape index (κ3) is 4.28. The monoisotopic (exact) mass is 476 g/mol. The van der Waals surface area contributed by atoms with Crippen molar-refractivity contribution in [2.24, 2.45) is 11.8 Å². The second kappa shape index (κ2) is 9.36. The lowest BCUT2D eigenvalue weighted by Gasteiger charge is -2.40. The van der Waals surface area contributed by atoms with Crippen LogP contribution in [0.3, 0.4) is 0 Å². The van der Waals surface area contributed by atoms with E-state index in [4.69, 9.17) is 4.74 Å². The van der Waals surface area contributed by atoms with Crippen molar-refractivity contribution in [3.63, 3.8) is 0 Å². The number of hydrogen-bond acceptors (Lipinski definition) is 4. The number of hydrogen-bond donors (Lipinski definition) is 2. The van der Waals surface area contributed by atoms with Crippen LogP contribution in [0.5, 0.6) is 0 Å². The van der Waals surface area contributed by atoms with Gasteiger partial charge in [-0.25, -0.2) is 4.79 Å². The van der Waals surface area contributed by atoms with E-state index in [1.807, 2.05) is 43.0 Å². The number of benzene rings is 2. The van der Waals surface area contributed by atoms with E-state index in [-0.39, 0.29) is 36.4 Å². The summed E-state index contributed by atoms with van der Waals surface area (Å²) in [5.74, 6) is -1.49.